The van der Waals surface area contributed by atoms with E-state index in [1.807, 2.05) is 0 Å². The highest BCUT2D eigenvalue weighted by molar-refractivity contribution is 5.68. The first-order chi connectivity index (χ1) is 7.74. The molecule has 1 aromatic carbocycles. The average Bonchev–Trinajstić information content (AvgIpc) is 2.28. The van der Waals surface area contributed by atoms with E-state index in [4.69, 9.17) is 0 Å². The maximum absolute atomic E-state index is 3.59. The molecule has 0 spiro atoms. The van der Waals surface area contributed by atoms with E-state index in [0.717, 1.165) is 0 Å². The molecule has 2 unspecified atom stereocenters. The van der Waals surface area contributed by atoms with Crippen molar-refractivity contribution in [1.29, 1.82) is 0 Å². The summed E-state index contributed by atoms with van der Waals surface area (Å²) in [7, 11) is 0. The van der Waals surface area contributed by atoms with Gasteiger partial charge in [0.2, 0.25) is 0 Å². The number of fused-ring (bicyclic) bond motifs is 3. The van der Waals surface area contributed by atoms with Crippen LogP contribution in [0.3, 0.4) is 0 Å². The van der Waals surface area contributed by atoms with Crippen molar-refractivity contribution < 1.29 is 0 Å². The first-order valence-corrected chi connectivity index (χ1v) is 6.42. The molecule has 0 radical (unpaired) electrons. The molecule has 86 valence electrons. The zero-order valence-electron chi connectivity index (χ0n) is 10.1. The van der Waals surface area contributed by atoms with Crippen LogP contribution in [0, 0.1) is 0 Å². The minimum absolute atomic E-state index is 0.626. The molecule has 0 amide bonds. The number of anilines is 2. The quantitative estimate of drug-likeness (QED) is 0.696. The summed E-state index contributed by atoms with van der Waals surface area (Å²) in [6, 6.07) is 5.74. The molecule has 0 bridgehead atoms. The molecule has 2 atom stereocenters. The van der Waals surface area contributed by atoms with Crippen molar-refractivity contribution in [3.05, 3.63) is 23.3 Å². The Morgan fingerprint density at radius 3 is 1.75 bits per heavy atom. The Labute approximate surface area is 97.4 Å². The fourth-order valence-corrected chi connectivity index (χ4v) is 2.93. The van der Waals surface area contributed by atoms with Gasteiger partial charge in [0.15, 0.2) is 0 Å². The van der Waals surface area contributed by atoms with Crippen LogP contribution < -0.4 is 10.6 Å². The maximum Gasteiger partial charge on any atom is 0.0379 e. The van der Waals surface area contributed by atoms with Gasteiger partial charge >= 0.3 is 0 Å². The van der Waals surface area contributed by atoms with Gasteiger partial charge < -0.3 is 10.6 Å². The third-order valence-electron chi connectivity index (χ3n) is 3.89. The van der Waals surface area contributed by atoms with Gasteiger partial charge in [-0.2, -0.15) is 0 Å². The Balaban J connectivity index is 2.03. The lowest BCUT2D eigenvalue weighted by molar-refractivity contribution is 0.648. The van der Waals surface area contributed by atoms with Gasteiger partial charge in [0, 0.05) is 23.5 Å². The summed E-state index contributed by atoms with van der Waals surface area (Å²) in [5.41, 5.74) is 5.87. The second-order valence-electron chi connectivity index (χ2n) is 5.29. The van der Waals surface area contributed by atoms with Gasteiger partial charge in [-0.25, -0.2) is 0 Å². The van der Waals surface area contributed by atoms with Crippen LogP contribution in [0.2, 0.25) is 0 Å². The molecule has 0 saturated carbocycles. The predicted molar refractivity (Wildman–Crippen MR) is 69.3 cm³/mol. The van der Waals surface area contributed by atoms with E-state index in [2.05, 4.69) is 36.6 Å². The van der Waals surface area contributed by atoms with Crippen molar-refractivity contribution in [2.24, 2.45) is 0 Å². The number of hydrogen-bond acceptors (Lipinski definition) is 2. The molecule has 0 saturated heterocycles. The maximum atomic E-state index is 3.59. The van der Waals surface area contributed by atoms with Crippen molar-refractivity contribution in [1.82, 2.24) is 0 Å². The second-order valence-corrected chi connectivity index (χ2v) is 5.29. The molecule has 2 aliphatic heterocycles. The Morgan fingerprint density at radius 2 is 1.31 bits per heavy atom. The van der Waals surface area contributed by atoms with E-state index in [9.17, 15) is 0 Å². The van der Waals surface area contributed by atoms with Crippen molar-refractivity contribution in [3.8, 4) is 0 Å². The smallest absolute Gasteiger partial charge is 0.0379 e. The topological polar surface area (TPSA) is 24.1 Å². The minimum Gasteiger partial charge on any atom is -0.382 e. The highest BCUT2D eigenvalue weighted by Crippen LogP contribution is 2.35. The second kappa shape index (κ2) is 3.69. The number of hydrogen-bond donors (Lipinski definition) is 2. The van der Waals surface area contributed by atoms with Gasteiger partial charge in [-0.3, -0.25) is 0 Å². The predicted octanol–water partition coefficient (Wildman–Crippen LogP) is 3.18. The van der Waals surface area contributed by atoms with E-state index in [1.54, 1.807) is 11.1 Å². The van der Waals surface area contributed by atoms with Crippen molar-refractivity contribution in [2.75, 3.05) is 10.6 Å². The Hall–Kier alpha value is -1.18. The summed E-state index contributed by atoms with van der Waals surface area (Å²) in [4.78, 5) is 0. The summed E-state index contributed by atoms with van der Waals surface area (Å²) in [5.74, 6) is 0. The van der Waals surface area contributed by atoms with Crippen LogP contribution in [0.1, 0.15) is 37.8 Å². The van der Waals surface area contributed by atoms with E-state index in [0.29, 0.717) is 12.1 Å². The van der Waals surface area contributed by atoms with Gasteiger partial charge in [-0.15, -0.1) is 0 Å². The summed E-state index contributed by atoms with van der Waals surface area (Å²) in [6.07, 6.45) is 5.00. The van der Waals surface area contributed by atoms with Gasteiger partial charge in [-0.05, 0) is 62.8 Å². The highest BCUT2D eigenvalue weighted by Gasteiger charge is 2.22. The molecular weight excluding hydrogens is 196 g/mol. The Morgan fingerprint density at radius 1 is 0.875 bits per heavy atom. The van der Waals surface area contributed by atoms with Crippen LogP contribution in [0.5, 0.6) is 0 Å². The van der Waals surface area contributed by atoms with Gasteiger partial charge in [-0.1, -0.05) is 0 Å². The lowest BCUT2D eigenvalue weighted by Gasteiger charge is -2.31. The molecule has 2 heterocycles. The van der Waals surface area contributed by atoms with E-state index < -0.39 is 0 Å². The SMILES string of the molecule is CC1CCc2c(ccc3c2CCC(C)N3)N1. The number of nitrogens with one attached hydrogen (secondary N) is 2. The van der Waals surface area contributed by atoms with Crippen LogP contribution in [-0.2, 0) is 12.8 Å². The van der Waals surface area contributed by atoms with Crippen LogP contribution in [-0.4, -0.2) is 12.1 Å². The molecular formula is C14H20N2. The molecule has 2 aliphatic rings. The lowest BCUT2D eigenvalue weighted by Crippen LogP contribution is -2.27. The van der Waals surface area contributed by atoms with Crippen LogP contribution in [0.15, 0.2) is 12.1 Å². The first kappa shape index (κ1) is 10.0. The molecule has 0 fully saturated rings. The Kier molecular flexibility index (Phi) is 2.31. The van der Waals surface area contributed by atoms with Crippen LogP contribution in [0.25, 0.3) is 0 Å². The molecule has 1 aromatic rings. The molecule has 2 nitrogen and oxygen atoms in total. The zero-order chi connectivity index (χ0) is 11.1. The van der Waals surface area contributed by atoms with E-state index >= 15 is 0 Å². The average molecular weight is 216 g/mol. The fourth-order valence-electron chi connectivity index (χ4n) is 2.93. The third kappa shape index (κ3) is 1.57. The summed E-state index contributed by atoms with van der Waals surface area (Å²) < 4.78 is 0. The molecule has 0 aliphatic carbocycles. The van der Waals surface area contributed by atoms with Gasteiger partial charge in [0.05, 0.1) is 0 Å². The molecule has 3 rings (SSSR count). The largest absolute Gasteiger partial charge is 0.382 e. The monoisotopic (exact) mass is 216 g/mol. The van der Waals surface area contributed by atoms with Crippen molar-refractivity contribution >= 4 is 11.4 Å². The van der Waals surface area contributed by atoms with E-state index in [-0.39, 0.29) is 0 Å². The molecule has 0 aromatic heterocycles. The van der Waals surface area contributed by atoms with Crippen LogP contribution >= 0.6 is 0 Å². The lowest BCUT2D eigenvalue weighted by atomic mass is 9.88. The number of rotatable bonds is 0. The molecule has 16 heavy (non-hydrogen) atoms. The third-order valence-corrected chi connectivity index (χ3v) is 3.89. The zero-order valence-corrected chi connectivity index (χ0v) is 10.1. The minimum atomic E-state index is 0.626. The standard InChI is InChI=1S/C14H20N2/c1-9-3-5-11-12-6-4-10(2)16-14(12)8-7-13(11)15-9/h7-10,15-16H,3-6H2,1-2H3. The van der Waals surface area contributed by atoms with Crippen molar-refractivity contribution in [3.63, 3.8) is 0 Å². The van der Waals surface area contributed by atoms with Gasteiger partial charge in [0.25, 0.3) is 0 Å². The van der Waals surface area contributed by atoms with Crippen molar-refractivity contribution in [2.45, 2.75) is 51.6 Å². The summed E-state index contributed by atoms with van der Waals surface area (Å²) >= 11 is 0. The number of benzene rings is 1. The summed E-state index contributed by atoms with van der Waals surface area (Å²) in [5, 5.41) is 7.19. The van der Waals surface area contributed by atoms with Crippen LogP contribution in [0.4, 0.5) is 11.4 Å². The van der Waals surface area contributed by atoms with E-state index in [1.165, 1.54) is 37.1 Å². The summed E-state index contributed by atoms with van der Waals surface area (Å²) in [6.45, 7) is 4.53. The normalized spacial score (nSPS) is 27.4. The molecule has 2 N–H and O–H groups in total. The van der Waals surface area contributed by atoms with Gasteiger partial charge in [0.1, 0.15) is 0 Å². The fraction of sp³-hybridized carbons (Fsp3) is 0.571. The first-order valence-electron chi connectivity index (χ1n) is 6.42. The Bertz CT molecular complexity index is 372. The molecule has 2 heteroatoms. The highest BCUT2D eigenvalue weighted by atomic mass is 14.9.